The number of aliphatic hydroxyl groups excluding tert-OH is 1. The maximum absolute atomic E-state index is 16.4. The normalized spacial score (nSPS) is 21.1. The fourth-order valence-corrected chi connectivity index (χ4v) is 9.92. The molecule has 4 aromatic carbocycles. The fourth-order valence-electron chi connectivity index (χ4n) is 9.92. The Morgan fingerprint density at radius 1 is 0.803 bits per heavy atom. The van der Waals surface area contributed by atoms with Gasteiger partial charge in [0.05, 0.1) is 51.1 Å². The summed E-state index contributed by atoms with van der Waals surface area (Å²) < 4.78 is 32.8. The van der Waals surface area contributed by atoms with Crippen LogP contribution in [-0.2, 0) is 59.5 Å². The predicted molar refractivity (Wildman–Crippen MR) is 254 cm³/mol. The first kappa shape index (κ1) is 49.5. The van der Waals surface area contributed by atoms with Crippen LogP contribution in [0.4, 0.5) is 10.5 Å². The Morgan fingerprint density at radius 3 is 2.14 bits per heavy atom. The van der Waals surface area contributed by atoms with E-state index < -0.39 is 77.3 Å². The van der Waals surface area contributed by atoms with Gasteiger partial charge in [0.25, 0.3) is 0 Å². The van der Waals surface area contributed by atoms with Gasteiger partial charge in [-0.05, 0) is 64.7 Å². The van der Waals surface area contributed by atoms with E-state index in [4.69, 9.17) is 28.4 Å². The number of pyridine rings is 1. The highest BCUT2D eigenvalue weighted by molar-refractivity contribution is 6.23. The van der Waals surface area contributed by atoms with Gasteiger partial charge in [-0.25, -0.2) is 9.69 Å². The van der Waals surface area contributed by atoms with Gasteiger partial charge in [0.1, 0.15) is 36.5 Å². The largest absolute Gasteiger partial charge is 0.491 e. The average molecular weight is 965 g/mol. The number of carbonyl (C=O) groups is 6. The van der Waals surface area contributed by atoms with Gasteiger partial charge in [-0.3, -0.25) is 33.9 Å². The average Bonchev–Trinajstić information content (AvgIpc) is 3.86. The Bertz CT molecular complexity index is 2790. The molecule has 0 aliphatic carbocycles. The van der Waals surface area contributed by atoms with Crippen LogP contribution in [-0.4, -0.2) is 111 Å². The van der Waals surface area contributed by atoms with Crippen molar-refractivity contribution in [2.75, 3.05) is 59.2 Å². The first-order valence-electron chi connectivity index (χ1n) is 23.0. The zero-order valence-electron chi connectivity index (χ0n) is 39.2. The van der Waals surface area contributed by atoms with Crippen LogP contribution < -0.4 is 15.0 Å². The third-order valence-corrected chi connectivity index (χ3v) is 12.9. The van der Waals surface area contributed by atoms with Crippen molar-refractivity contribution < 1.29 is 62.3 Å². The van der Waals surface area contributed by atoms with E-state index in [0.717, 1.165) is 19.1 Å². The molecule has 0 saturated carbocycles. The molecular formula is C54H52N4O13. The summed E-state index contributed by atoms with van der Waals surface area (Å²) in [7, 11) is 3.71. The number of cyclic esters (lactones) is 1. The van der Waals surface area contributed by atoms with Crippen LogP contribution in [0.5, 0.6) is 5.75 Å². The molecule has 0 unspecified atom stereocenters. The Labute approximate surface area is 409 Å². The third-order valence-electron chi connectivity index (χ3n) is 12.9. The summed E-state index contributed by atoms with van der Waals surface area (Å²) in [6.07, 6.45) is -0.392. The molecule has 2 fully saturated rings. The van der Waals surface area contributed by atoms with Crippen molar-refractivity contribution in [2.45, 2.75) is 42.5 Å². The van der Waals surface area contributed by atoms with Crippen LogP contribution in [0.3, 0.4) is 0 Å². The number of nitrogens with zero attached hydrogens (tertiary/aromatic N) is 3. The Kier molecular flexibility index (Phi) is 15.5. The molecule has 5 aromatic rings. The molecule has 17 nitrogen and oxygen atoms in total. The Hall–Kier alpha value is -7.91. The number of morpholine rings is 1. The van der Waals surface area contributed by atoms with Crippen molar-refractivity contribution in [3.8, 4) is 17.6 Å². The standard InChI is InChI=1S/C54H52N4O13/c1-66-31-32-70-53(65)57-42-25-20-34(13-12-19-40(49(61)67-2)50(62)68-3)33-41(42)54(52(57)64)43(48(60)56-28-26-38-18-10-11-27-55-38)45-51(63)71-46(36-16-8-5-9-17-36)44(35-14-6-4-7-15-35)58(45)47(54)37-21-23-39(24-22-37)69-30-29-59/h4-11,14-18,20-25,27,33,40,43-47,59H,19,26,28-32H2,1-3H3,(H,56,60)/t43-,44-,45-,46+,47+,54-/m1/s1. The number of aliphatic hydroxyl groups is 1. The van der Waals surface area contributed by atoms with Crippen molar-refractivity contribution >= 4 is 41.5 Å². The molecule has 1 aromatic heterocycles. The summed E-state index contributed by atoms with van der Waals surface area (Å²) in [5.41, 5.74) is 0.846. The summed E-state index contributed by atoms with van der Waals surface area (Å²) in [5, 5.41) is 12.6. The minimum Gasteiger partial charge on any atom is -0.491 e. The van der Waals surface area contributed by atoms with Gasteiger partial charge in [-0.15, -0.1) is 0 Å². The summed E-state index contributed by atoms with van der Waals surface area (Å²) in [6.45, 7) is -0.413. The Morgan fingerprint density at radius 2 is 1.49 bits per heavy atom. The molecular weight excluding hydrogens is 913 g/mol. The molecule has 0 bridgehead atoms. The molecule has 17 heteroatoms. The molecule has 6 atom stereocenters. The summed E-state index contributed by atoms with van der Waals surface area (Å²) in [4.78, 5) is 94.3. The molecule has 3 aliphatic heterocycles. The highest BCUT2D eigenvalue weighted by Gasteiger charge is 2.75. The van der Waals surface area contributed by atoms with E-state index in [9.17, 15) is 19.5 Å². The lowest BCUT2D eigenvalue weighted by Crippen LogP contribution is -2.56. The second-order valence-electron chi connectivity index (χ2n) is 16.9. The molecule has 2 saturated heterocycles. The van der Waals surface area contributed by atoms with Gasteiger partial charge in [-0.2, -0.15) is 0 Å². The smallest absolute Gasteiger partial charge is 0.421 e. The van der Waals surface area contributed by atoms with E-state index in [1.807, 2.05) is 77.7 Å². The lowest BCUT2D eigenvalue weighted by atomic mass is 9.65. The van der Waals surface area contributed by atoms with Crippen molar-refractivity contribution in [3.63, 3.8) is 0 Å². The number of benzene rings is 4. The van der Waals surface area contributed by atoms with Crippen LogP contribution in [0.25, 0.3) is 0 Å². The summed E-state index contributed by atoms with van der Waals surface area (Å²) in [6, 6.07) is 31.8. The highest BCUT2D eigenvalue weighted by Crippen LogP contribution is 2.66. The first-order chi connectivity index (χ1) is 34.6. The van der Waals surface area contributed by atoms with Crippen molar-refractivity contribution in [1.29, 1.82) is 0 Å². The van der Waals surface area contributed by atoms with Gasteiger partial charge in [-0.1, -0.05) is 90.7 Å². The van der Waals surface area contributed by atoms with E-state index in [1.54, 1.807) is 48.7 Å². The van der Waals surface area contributed by atoms with E-state index >= 15 is 14.4 Å². The maximum Gasteiger partial charge on any atom is 0.421 e. The van der Waals surface area contributed by atoms with Crippen LogP contribution in [0.2, 0.25) is 0 Å². The number of rotatable bonds is 16. The van der Waals surface area contributed by atoms with Crippen LogP contribution in [0.1, 0.15) is 58.1 Å². The SMILES string of the molecule is COCCOC(=O)N1C(=O)[C@@]2(c3cc(C#CCC(C(=O)OC)C(=O)OC)ccc31)[C@H](c1ccc(OCCO)cc1)N1[C@H](c3ccccc3)[C@H](c3ccccc3)OC(=O)[C@H]1[C@@H]2C(=O)NCCc1ccccn1. The molecule has 366 valence electrons. The monoisotopic (exact) mass is 964 g/mol. The van der Waals surface area contributed by atoms with E-state index in [2.05, 4.69) is 22.1 Å². The number of hydrogen-bond acceptors (Lipinski definition) is 15. The maximum atomic E-state index is 16.4. The number of fused-ring (bicyclic) bond motifs is 3. The third kappa shape index (κ3) is 9.69. The molecule has 3 aliphatic rings. The quantitative estimate of drug-likeness (QED) is 0.0440. The molecule has 0 radical (unpaired) electrons. The van der Waals surface area contributed by atoms with Gasteiger partial charge in [0, 0.05) is 44.0 Å². The lowest BCUT2D eigenvalue weighted by Gasteiger charge is -2.46. The van der Waals surface area contributed by atoms with E-state index in [0.29, 0.717) is 34.6 Å². The van der Waals surface area contributed by atoms with Crippen molar-refractivity contribution in [3.05, 3.63) is 161 Å². The second kappa shape index (κ2) is 22.2. The number of esters is 3. The zero-order valence-corrected chi connectivity index (χ0v) is 39.2. The minimum atomic E-state index is -2.14. The van der Waals surface area contributed by atoms with Gasteiger partial charge in [0.2, 0.25) is 11.8 Å². The molecule has 8 rings (SSSR count). The first-order valence-corrected chi connectivity index (χ1v) is 23.0. The highest BCUT2D eigenvalue weighted by atomic mass is 16.6. The molecule has 71 heavy (non-hydrogen) atoms. The number of methoxy groups -OCH3 is 3. The van der Waals surface area contributed by atoms with E-state index in [1.165, 1.54) is 13.2 Å². The summed E-state index contributed by atoms with van der Waals surface area (Å²) in [5.74, 6) is -0.735. The minimum absolute atomic E-state index is 0.00183. The topological polar surface area (TPSA) is 209 Å². The number of anilines is 1. The molecule has 1 spiro atoms. The predicted octanol–water partition coefficient (Wildman–Crippen LogP) is 4.96. The van der Waals surface area contributed by atoms with Crippen LogP contribution >= 0.6 is 0 Å². The fraction of sp³-hybridized carbons (Fsp3) is 0.315. The van der Waals surface area contributed by atoms with Crippen LogP contribution in [0, 0.1) is 23.7 Å². The molecule has 2 N–H and O–H groups in total. The number of nitrogens with one attached hydrogen (secondary N) is 1. The number of amides is 3. The molecule has 3 amide bonds. The van der Waals surface area contributed by atoms with E-state index in [-0.39, 0.29) is 56.2 Å². The lowest BCUT2D eigenvalue weighted by molar-refractivity contribution is -0.178. The van der Waals surface area contributed by atoms with Crippen molar-refractivity contribution in [1.82, 2.24) is 15.2 Å². The number of carbonyl (C=O) groups excluding carboxylic acids is 6. The second-order valence-corrected chi connectivity index (χ2v) is 16.9. The Balaban J connectivity index is 1.41. The van der Waals surface area contributed by atoms with Gasteiger partial charge >= 0.3 is 24.0 Å². The number of hydrogen-bond donors (Lipinski definition) is 2. The zero-order chi connectivity index (χ0) is 50.1. The molecule has 4 heterocycles. The van der Waals surface area contributed by atoms with Gasteiger partial charge in [0.15, 0.2) is 5.92 Å². The number of imide groups is 1. The summed E-state index contributed by atoms with van der Waals surface area (Å²) >= 11 is 0. The number of ether oxygens (including phenoxy) is 6. The van der Waals surface area contributed by atoms with Crippen molar-refractivity contribution in [2.24, 2.45) is 11.8 Å². The van der Waals surface area contributed by atoms with Gasteiger partial charge < -0.3 is 38.8 Å². The van der Waals surface area contributed by atoms with Crippen LogP contribution in [0.15, 0.2) is 128 Å². The number of aromatic nitrogens is 1.